The summed E-state index contributed by atoms with van der Waals surface area (Å²) in [5.74, 6) is 0. The van der Waals surface area contributed by atoms with Crippen molar-refractivity contribution in [3.8, 4) is 0 Å². The minimum atomic E-state index is 0. The van der Waals surface area contributed by atoms with Crippen LogP contribution >= 0.6 is 0 Å². The molecule has 0 aliphatic rings. The van der Waals surface area contributed by atoms with Gasteiger partial charge in [-0.15, -0.1) is 0 Å². The Bertz CT molecular complexity index is 177. The molecular formula is C8H12CaO2. The summed E-state index contributed by atoms with van der Waals surface area (Å²) in [6.45, 7) is 0.511. The van der Waals surface area contributed by atoms with Gasteiger partial charge in [-0.3, -0.25) is 0 Å². The molecule has 2 nitrogen and oxygen atoms in total. The predicted molar refractivity (Wildman–Crippen MR) is 46.8 cm³/mol. The summed E-state index contributed by atoms with van der Waals surface area (Å²) >= 11 is 0. The fourth-order valence-corrected chi connectivity index (χ4v) is 0.701. The molecule has 0 aliphatic heterocycles. The van der Waals surface area contributed by atoms with Gasteiger partial charge in [-0.05, 0) is 5.56 Å². The summed E-state index contributed by atoms with van der Waals surface area (Å²) in [6, 6.07) is 9.87. The summed E-state index contributed by atoms with van der Waals surface area (Å²) < 4.78 is 0. The zero-order chi connectivity index (χ0) is 7.23. The topological polar surface area (TPSA) is 18.5 Å². The summed E-state index contributed by atoms with van der Waals surface area (Å²) in [7, 11) is 1.50. The van der Waals surface area contributed by atoms with Crippen molar-refractivity contribution in [2.24, 2.45) is 0 Å². The summed E-state index contributed by atoms with van der Waals surface area (Å²) in [5.41, 5.74) is 1.12. The van der Waals surface area contributed by atoms with Crippen LogP contribution in [0.1, 0.15) is 5.56 Å². The third-order valence-corrected chi connectivity index (χ3v) is 1.19. The first kappa shape index (κ1) is 11.4. The van der Waals surface area contributed by atoms with E-state index in [1.165, 1.54) is 7.11 Å². The van der Waals surface area contributed by atoms with E-state index in [1.807, 2.05) is 30.3 Å². The zero-order valence-electron chi connectivity index (χ0n) is 5.91. The predicted octanol–water partition coefficient (Wildman–Crippen LogP) is 0.848. The van der Waals surface area contributed by atoms with Crippen LogP contribution in [0.15, 0.2) is 30.3 Å². The van der Waals surface area contributed by atoms with Crippen LogP contribution in [0, 0.1) is 0 Å². The van der Waals surface area contributed by atoms with Crippen molar-refractivity contribution in [3.05, 3.63) is 35.9 Å². The second kappa shape index (κ2) is 7.07. The Hall–Kier alpha value is 0.400. The maximum atomic E-state index is 4.72. The van der Waals surface area contributed by atoms with Gasteiger partial charge in [0.25, 0.3) is 0 Å². The van der Waals surface area contributed by atoms with Crippen molar-refractivity contribution in [3.63, 3.8) is 0 Å². The van der Waals surface area contributed by atoms with Gasteiger partial charge >= 0.3 is 37.7 Å². The first-order valence-corrected chi connectivity index (χ1v) is 3.13. The average molecular weight is 180 g/mol. The van der Waals surface area contributed by atoms with Crippen molar-refractivity contribution in [2.75, 3.05) is 7.11 Å². The molecule has 0 amide bonds. The van der Waals surface area contributed by atoms with Crippen molar-refractivity contribution in [1.82, 2.24) is 0 Å². The van der Waals surface area contributed by atoms with Gasteiger partial charge in [-0.25, -0.2) is 9.78 Å². The van der Waals surface area contributed by atoms with Gasteiger partial charge in [-0.2, -0.15) is 0 Å². The molecule has 0 fully saturated rings. The number of hydrogen-bond donors (Lipinski definition) is 0. The summed E-state index contributed by atoms with van der Waals surface area (Å²) in [6.07, 6.45) is 0. The van der Waals surface area contributed by atoms with Crippen molar-refractivity contribution in [2.45, 2.75) is 6.61 Å². The maximum absolute atomic E-state index is 4.72. The second-order valence-electron chi connectivity index (χ2n) is 1.91. The van der Waals surface area contributed by atoms with E-state index in [2.05, 4.69) is 4.89 Å². The molecule has 1 aromatic carbocycles. The molecule has 0 heterocycles. The molecule has 0 unspecified atom stereocenters. The van der Waals surface area contributed by atoms with Gasteiger partial charge in [0.1, 0.15) is 6.61 Å². The van der Waals surface area contributed by atoms with Crippen LogP contribution in [0.5, 0.6) is 0 Å². The van der Waals surface area contributed by atoms with Gasteiger partial charge < -0.3 is 0 Å². The molecule has 0 aliphatic carbocycles. The quantitative estimate of drug-likeness (QED) is 0.390. The Morgan fingerprint density at radius 3 is 2.36 bits per heavy atom. The molecule has 11 heavy (non-hydrogen) atoms. The number of benzene rings is 1. The second-order valence-corrected chi connectivity index (χ2v) is 1.91. The average Bonchev–Trinajstić information content (AvgIpc) is 2.03. The van der Waals surface area contributed by atoms with E-state index in [1.54, 1.807) is 0 Å². The molecule has 0 saturated carbocycles. The van der Waals surface area contributed by atoms with Crippen LogP contribution in [-0.2, 0) is 16.4 Å². The Kier molecular flexibility index (Phi) is 7.33. The Morgan fingerprint density at radius 1 is 1.18 bits per heavy atom. The van der Waals surface area contributed by atoms with Crippen LogP contribution in [-0.4, -0.2) is 44.8 Å². The summed E-state index contributed by atoms with van der Waals surface area (Å²) in [5, 5.41) is 0. The minimum absolute atomic E-state index is 0. The fraction of sp³-hybridized carbons (Fsp3) is 0.250. The third-order valence-electron chi connectivity index (χ3n) is 1.19. The van der Waals surface area contributed by atoms with E-state index >= 15 is 0 Å². The molecule has 0 atom stereocenters. The van der Waals surface area contributed by atoms with Gasteiger partial charge in [0.2, 0.25) is 0 Å². The first-order chi connectivity index (χ1) is 4.93. The van der Waals surface area contributed by atoms with Crippen LogP contribution in [0.2, 0.25) is 0 Å². The van der Waals surface area contributed by atoms with E-state index in [0.29, 0.717) is 6.61 Å². The number of rotatable bonds is 3. The molecule has 0 saturated heterocycles. The first-order valence-electron chi connectivity index (χ1n) is 3.13. The zero-order valence-corrected chi connectivity index (χ0v) is 5.91. The SMILES string of the molecule is COOCc1ccccc1.[CaH2]. The van der Waals surface area contributed by atoms with E-state index in [-0.39, 0.29) is 37.7 Å². The molecule has 0 aromatic heterocycles. The Morgan fingerprint density at radius 2 is 1.82 bits per heavy atom. The Labute approximate surface area is 96.4 Å². The van der Waals surface area contributed by atoms with E-state index in [0.717, 1.165) is 5.56 Å². The Balaban J connectivity index is 0.000001000. The molecule has 1 rings (SSSR count). The normalized spacial score (nSPS) is 8.82. The van der Waals surface area contributed by atoms with Gasteiger partial charge in [0.05, 0.1) is 7.11 Å². The number of hydrogen-bond acceptors (Lipinski definition) is 2. The van der Waals surface area contributed by atoms with E-state index in [4.69, 9.17) is 4.89 Å². The van der Waals surface area contributed by atoms with Gasteiger partial charge in [0.15, 0.2) is 0 Å². The van der Waals surface area contributed by atoms with Gasteiger partial charge in [-0.1, -0.05) is 30.3 Å². The van der Waals surface area contributed by atoms with Gasteiger partial charge in [0, 0.05) is 0 Å². The molecule has 3 heteroatoms. The summed E-state index contributed by atoms with van der Waals surface area (Å²) in [4.78, 5) is 9.17. The van der Waals surface area contributed by atoms with Crippen molar-refractivity contribution >= 4 is 37.7 Å². The molecule has 0 spiro atoms. The standard InChI is InChI=1S/C8H10O2.Ca.2H/c1-9-10-7-8-5-3-2-4-6-8;;;/h2-6H,7H2,1H3;;;. The van der Waals surface area contributed by atoms with E-state index in [9.17, 15) is 0 Å². The molecule has 58 valence electrons. The van der Waals surface area contributed by atoms with Crippen molar-refractivity contribution in [1.29, 1.82) is 0 Å². The fourth-order valence-electron chi connectivity index (χ4n) is 0.701. The van der Waals surface area contributed by atoms with Crippen LogP contribution < -0.4 is 0 Å². The van der Waals surface area contributed by atoms with Crippen LogP contribution in [0.25, 0.3) is 0 Å². The van der Waals surface area contributed by atoms with Crippen LogP contribution in [0.3, 0.4) is 0 Å². The monoisotopic (exact) mass is 180 g/mol. The molecule has 0 bridgehead atoms. The molecule has 1 aromatic rings. The molecule has 0 N–H and O–H groups in total. The molecule has 0 radical (unpaired) electrons. The van der Waals surface area contributed by atoms with E-state index < -0.39 is 0 Å². The molecular weight excluding hydrogens is 168 g/mol. The van der Waals surface area contributed by atoms with Crippen LogP contribution in [0.4, 0.5) is 0 Å². The third kappa shape index (κ3) is 4.77. The van der Waals surface area contributed by atoms with Crippen molar-refractivity contribution < 1.29 is 9.78 Å².